The number of hydrogen-bond donors (Lipinski definition) is 2. The maximum absolute atomic E-state index is 12.7. The molecule has 4 nitrogen and oxygen atoms in total. The summed E-state index contributed by atoms with van der Waals surface area (Å²) >= 11 is 3.29. The SMILES string of the molecule is CCN(C(=O)c1ccc(Br)cc1O)C1CCCC1CN. The fourth-order valence-electron chi connectivity index (χ4n) is 3.07. The normalized spacial score (nSPS) is 21.9. The number of phenolic OH excluding ortho intramolecular Hbond substituents is 1. The summed E-state index contributed by atoms with van der Waals surface area (Å²) in [6.07, 6.45) is 3.19. The monoisotopic (exact) mass is 340 g/mol. The van der Waals surface area contributed by atoms with E-state index < -0.39 is 0 Å². The molecule has 1 aliphatic carbocycles. The first-order chi connectivity index (χ1) is 9.58. The zero-order chi connectivity index (χ0) is 14.7. The van der Waals surface area contributed by atoms with Crippen LogP contribution in [0.3, 0.4) is 0 Å². The van der Waals surface area contributed by atoms with Crippen LogP contribution in [0.25, 0.3) is 0 Å². The Balaban J connectivity index is 2.24. The van der Waals surface area contributed by atoms with Crippen LogP contribution in [0.2, 0.25) is 0 Å². The molecule has 2 atom stereocenters. The van der Waals surface area contributed by atoms with Crippen molar-refractivity contribution in [1.82, 2.24) is 4.90 Å². The van der Waals surface area contributed by atoms with Crippen LogP contribution in [-0.4, -0.2) is 35.0 Å². The van der Waals surface area contributed by atoms with Gasteiger partial charge in [0.1, 0.15) is 5.75 Å². The minimum atomic E-state index is -0.108. The summed E-state index contributed by atoms with van der Waals surface area (Å²) in [5.74, 6) is 0.282. The molecule has 0 aliphatic heterocycles. The molecule has 0 radical (unpaired) electrons. The molecule has 1 aromatic carbocycles. The number of halogens is 1. The fraction of sp³-hybridized carbons (Fsp3) is 0.533. The molecule has 20 heavy (non-hydrogen) atoms. The Labute approximate surface area is 128 Å². The van der Waals surface area contributed by atoms with Crippen molar-refractivity contribution in [2.75, 3.05) is 13.1 Å². The fourth-order valence-corrected chi connectivity index (χ4v) is 3.42. The van der Waals surface area contributed by atoms with Crippen molar-refractivity contribution in [3.63, 3.8) is 0 Å². The predicted molar refractivity (Wildman–Crippen MR) is 82.7 cm³/mol. The van der Waals surface area contributed by atoms with Crippen LogP contribution in [0.1, 0.15) is 36.5 Å². The van der Waals surface area contributed by atoms with Crippen molar-refractivity contribution in [3.05, 3.63) is 28.2 Å². The first kappa shape index (κ1) is 15.3. The van der Waals surface area contributed by atoms with Crippen LogP contribution < -0.4 is 5.73 Å². The summed E-state index contributed by atoms with van der Waals surface area (Å²) in [6, 6.07) is 5.18. The average molecular weight is 341 g/mol. The van der Waals surface area contributed by atoms with E-state index in [1.807, 2.05) is 11.8 Å². The number of rotatable bonds is 4. The predicted octanol–water partition coefficient (Wildman–Crippen LogP) is 2.74. The zero-order valence-corrected chi connectivity index (χ0v) is 13.3. The molecule has 1 aromatic rings. The van der Waals surface area contributed by atoms with Crippen LogP contribution in [0.5, 0.6) is 5.75 Å². The van der Waals surface area contributed by atoms with Crippen molar-refractivity contribution < 1.29 is 9.90 Å². The molecule has 1 saturated carbocycles. The number of nitrogens with zero attached hydrogens (tertiary/aromatic N) is 1. The summed E-state index contributed by atoms with van der Waals surface area (Å²) in [5, 5.41) is 9.97. The Morgan fingerprint density at radius 1 is 1.50 bits per heavy atom. The summed E-state index contributed by atoms with van der Waals surface area (Å²) in [4.78, 5) is 14.5. The number of aromatic hydroxyl groups is 1. The van der Waals surface area contributed by atoms with E-state index in [9.17, 15) is 9.90 Å². The van der Waals surface area contributed by atoms with Gasteiger partial charge in [-0.25, -0.2) is 0 Å². The average Bonchev–Trinajstić information content (AvgIpc) is 2.87. The third-order valence-corrected chi connectivity index (χ3v) is 4.61. The molecular formula is C15H21BrN2O2. The Morgan fingerprint density at radius 2 is 2.25 bits per heavy atom. The van der Waals surface area contributed by atoms with Gasteiger partial charge in [-0.3, -0.25) is 4.79 Å². The molecule has 2 rings (SSSR count). The second-order valence-corrected chi connectivity index (χ2v) is 6.16. The zero-order valence-electron chi connectivity index (χ0n) is 11.7. The van der Waals surface area contributed by atoms with Crippen LogP contribution in [0.4, 0.5) is 0 Å². The minimum absolute atomic E-state index is 0.0186. The molecule has 0 saturated heterocycles. The largest absolute Gasteiger partial charge is 0.507 e. The molecule has 1 aliphatic rings. The summed E-state index contributed by atoms with van der Waals surface area (Å²) in [6.45, 7) is 3.22. The van der Waals surface area contributed by atoms with E-state index in [1.54, 1.807) is 18.2 Å². The first-order valence-corrected chi connectivity index (χ1v) is 7.87. The van der Waals surface area contributed by atoms with Crippen molar-refractivity contribution in [2.24, 2.45) is 11.7 Å². The number of phenols is 1. The molecule has 5 heteroatoms. The Kier molecular flexibility index (Phi) is 5.05. The number of nitrogens with two attached hydrogens (primary N) is 1. The van der Waals surface area contributed by atoms with Gasteiger partial charge in [-0.15, -0.1) is 0 Å². The van der Waals surface area contributed by atoms with Crippen molar-refractivity contribution in [1.29, 1.82) is 0 Å². The van der Waals surface area contributed by atoms with Gasteiger partial charge in [-0.2, -0.15) is 0 Å². The van der Waals surface area contributed by atoms with Crippen LogP contribution in [-0.2, 0) is 0 Å². The van der Waals surface area contributed by atoms with Crippen molar-refractivity contribution >= 4 is 21.8 Å². The first-order valence-electron chi connectivity index (χ1n) is 7.08. The quantitative estimate of drug-likeness (QED) is 0.885. The van der Waals surface area contributed by atoms with Gasteiger partial charge < -0.3 is 15.7 Å². The van der Waals surface area contributed by atoms with Gasteiger partial charge in [0.25, 0.3) is 5.91 Å². The van der Waals surface area contributed by atoms with Gasteiger partial charge in [0.15, 0.2) is 0 Å². The molecule has 3 N–H and O–H groups in total. The molecule has 2 unspecified atom stereocenters. The van der Waals surface area contributed by atoms with Gasteiger partial charge in [-0.1, -0.05) is 22.4 Å². The highest BCUT2D eigenvalue weighted by molar-refractivity contribution is 9.10. The number of hydrogen-bond acceptors (Lipinski definition) is 3. The summed E-state index contributed by atoms with van der Waals surface area (Å²) in [7, 11) is 0. The van der Waals surface area contributed by atoms with E-state index in [0.29, 0.717) is 24.6 Å². The molecule has 1 amide bonds. The number of carbonyl (C=O) groups is 1. The van der Waals surface area contributed by atoms with E-state index >= 15 is 0 Å². The van der Waals surface area contributed by atoms with E-state index in [2.05, 4.69) is 15.9 Å². The maximum Gasteiger partial charge on any atom is 0.257 e. The van der Waals surface area contributed by atoms with E-state index in [0.717, 1.165) is 23.7 Å². The number of carbonyl (C=O) groups excluding carboxylic acids is 1. The minimum Gasteiger partial charge on any atom is -0.507 e. The standard InChI is InChI=1S/C15H21BrN2O2/c1-2-18(13-5-3-4-10(13)9-17)15(20)12-7-6-11(16)8-14(12)19/h6-8,10,13,19H,2-5,9,17H2,1H3. The lowest BCUT2D eigenvalue weighted by atomic mass is 10.0. The lowest BCUT2D eigenvalue weighted by molar-refractivity contribution is 0.0649. The van der Waals surface area contributed by atoms with Crippen molar-refractivity contribution in [2.45, 2.75) is 32.2 Å². The Hall–Kier alpha value is -1.07. The maximum atomic E-state index is 12.7. The van der Waals surface area contributed by atoms with Crippen LogP contribution in [0.15, 0.2) is 22.7 Å². The smallest absolute Gasteiger partial charge is 0.257 e. The molecule has 0 bridgehead atoms. The molecule has 0 heterocycles. The molecule has 110 valence electrons. The highest BCUT2D eigenvalue weighted by Gasteiger charge is 2.34. The third-order valence-electron chi connectivity index (χ3n) is 4.11. The van der Waals surface area contributed by atoms with E-state index in [-0.39, 0.29) is 17.7 Å². The topological polar surface area (TPSA) is 66.6 Å². The molecule has 0 spiro atoms. The molecular weight excluding hydrogens is 320 g/mol. The lowest BCUT2D eigenvalue weighted by Gasteiger charge is -2.32. The van der Waals surface area contributed by atoms with Crippen molar-refractivity contribution in [3.8, 4) is 5.75 Å². The van der Waals surface area contributed by atoms with Crippen LogP contribution >= 0.6 is 15.9 Å². The number of amides is 1. The highest BCUT2D eigenvalue weighted by atomic mass is 79.9. The van der Waals surface area contributed by atoms with Gasteiger partial charge in [-0.05, 0) is 50.4 Å². The summed E-state index contributed by atoms with van der Waals surface area (Å²) < 4.78 is 0.760. The highest BCUT2D eigenvalue weighted by Crippen LogP contribution is 2.31. The third kappa shape index (κ3) is 2.99. The summed E-state index contributed by atoms with van der Waals surface area (Å²) in [5.41, 5.74) is 6.17. The lowest BCUT2D eigenvalue weighted by Crippen LogP contribution is -2.44. The van der Waals surface area contributed by atoms with Gasteiger partial charge in [0, 0.05) is 17.1 Å². The van der Waals surface area contributed by atoms with Crippen LogP contribution in [0, 0.1) is 5.92 Å². The molecule has 1 fully saturated rings. The second kappa shape index (κ2) is 6.59. The second-order valence-electron chi connectivity index (χ2n) is 5.25. The van der Waals surface area contributed by atoms with E-state index in [1.165, 1.54) is 0 Å². The van der Waals surface area contributed by atoms with Gasteiger partial charge in [0.2, 0.25) is 0 Å². The van der Waals surface area contributed by atoms with Gasteiger partial charge in [0.05, 0.1) is 5.56 Å². The van der Waals surface area contributed by atoms with Gasteiger partial charge >= 0.3 is 0 Å². The van der Waals surface area contributed by atoms with E-state index in [4.69, 9.17) is 5.73 Å². The Bertz CT molecular complexity index is 493. The Morgan fingerprint density at radius 3 is 2.85 bits per heavy atom. The molecule has 0 aromatic heterocycles. The number of benzene rings is 1.